The third-order valence-electron chi connectivity index (χ3n) is 3.38. The highest BCUT2D eigenvalue weighted by Gasteiger charge is 2.12. The second-order valence-electron chi connectivity index (χ2n) is 4.68. The Balaban J connectivity index is 1.93. The van der Waals surface area contributed by atoms with Gasteiger partial charge in [-0.2, -0.15) is 5.26 Å². The molecule has 0 bridgehead atoms. The molecule has 0 amide bonds. The first-order valence-electron chi connectivity index (χ1n) is 6.61. The third kappa shape index (κ3) is 2.36. The molecule has 0 atom stereocenters. The highest BCUT2D eigenvalue weighted by molar-refractivity contribution is 8.00. The van der Waals surface area contributed by atoms with Gasteiger partial charge in [0, 0.05) is 11.6 Å². The van der Waals surface area contributed by atoms with Gasteiger partial charge in [0.2, 0.25) is 0 Å². The number of benzene rings is 1. The van der Waals surface area contributed by atoms with E-state index in [0.29, 0.717) is 5.56 Å². The Hall–Kier alpha value is -2.39. The smallest absolute Gasteiger partial charge is 0.139 e. The molecular weight excluding hydrogens is 284 g/mol. The van der Waals surface area contributed by atoms with Gasteiger partial charge in [-0.3, -0.25) is 0 Å². The van der Waals surface area contributed by atoms with Crippen LogP contribution in [-0.4, -0.2) is 10.1 Å². The number of rotatable bonds is 4. The van der Waals surface area contributed by atoms with Crippen molar-refractivity contribution in [1.82, 2.24) is 10.1 Å². The lowest BCUT2D eigenvalue weighted by Gasteiger charge is -2.07. The Labute approximate surface area is 126 Å². The lowest BCUT2D eigenvalue weighted by atomic mass is 10.1. The third-order valence-corrected chi connectivity index (χ3v) is 4.25. The van der Waals surface area contributed by atoms with E-state index in [0.717, 1.165) is 39.2 Å². The summed E-state index contributed by atoms with van der Waals surface area (Å²) in [5, 5.41) is 14.1. The Morgan fingerprint density at radius 2 is 2.33 bits per heavy atom. The van der Waals surface area contributed by atoms with Crippen LogP contribution in [0.25, 0.3) is 10.9 Å². The number of nitrogens with one attached hydrogen (secondary N) is 2. The summed E-state index contributed by atoms with van der Waals surface area (Å²) in [6, 6.07) is 6.22. The van der Waals surface area contributed by atoms with E-state index in [2.05, 4.69) is 20.9 Å². The van der Waals surface area contributed by atoms with E-state index in [1.807, 2.05) is 26.0 Å². The van der Waals surface area contributed by atoms with E-state index in [4.69, 9.17) is 4.52 Å². The molecule has 3 aromatic rings. The number of anilines is 1. The molecule has 0 fully saturated rings. The summed E-state index contributed by atoms with van der Waals surface area (Å²) in [4.78, 5) is 4.14. The quantitative estimate of drug-likeness (QED) is 0.711. The number of nitriles is 1. The van der Waals surface area contributed by atoms with Crippen molar-refractivity contribution in [2.75, 3.05) is 4.72 Å². The predicted molar refractivity (Wildman–Crippen MR) is 83.1 cm³/mol. The molecule has 0 spiro atoms. The van der Waals surface area contributed by atoms with Crippen molar-refractivity contribution in [1.29, 1.82) is 5.26 Å². The van der Waals surface area contributed by atoms with Gasteiger partial charge in [-0.25, -0.2) is 0 Å². The molecule has 21 heavy (non-hydrogen) atoms. The molecule has 2 N–H and O–H groups in total. The Morgan fingerprint density at radius 1 is 1.48 bits per heavy atom. The maximum atomic E-state index is 9.17. The molecule has 0 aliphatic heterocycles. The molecule has 106 valence electrons. The summed E-state index contributed by atoms with van der Waals surface area (Å²) in [5.41, 5.74) is 4.55. The van der Waals surface area contributed by atoms with Crippen LogP contribution in [0.4, 0.5) is 5.69 Å². The van der Waals surface area contributed by atoms with Crippen LogP contribution < -0.4 is 4.72 Å². The molecule has 6 heteroatoms. The normalized spacial score (nSPS) is 10.7. The van der Waals surface area contributed by atoms with Crippen molar-refractivity contribution >= 4 is 28.5 Å². The van der Waals surface area contributed by atoms with Crippen LogP contribution in [0.3, 0.4) is 0 Å². The molecule has 0 aliphatic rings. The fraction of sp³-hybridized carbons (Fsp3) is 0.200. The number of aromatic nitrogens is 2. The van der Waals surface area contributed by atoms with Crippen LogP contribution >= 0.6 is 11.9 Å². The molecule has 3 rings (SSSR count). The summed E-state index contributed by atoms with van der Waals surface area (Å²) in [6.45, 7) is 4.04. The van der Waals surface area contributed by atoms with E-state index in [1.165, 1.54) is 11.9 Å². The Kier molecular flexibility index (Phi) is 3.59. The first-order chi connectivity index (χ1) is 10.2. The zero-order chi connectivity index (χ0) is 14.8. The minimum atomic E-state index is 0.662. The molecule has 0 saturated heterocycles. The van der Waals surface area contributed by atoms with Gasteiger partial charge < -0.3 is 14.2 Å². The largest absolute Gasteiger partial charge is 0.363 e. The lowest BCUT2D eigenvalue weighted by molar-refractivity contribution is 0.411. The van der Waals surface area contributed by atoms with Crippen LogP contribution in [0.5, 0.6) is 0 Å². The molecule has 0 saturated carbocycles. The minimum absolute atomic E-state index is 0.662. The van der Waals surface area contributed by atoms with Crippen LogP contribution in [0, 0.1) is 18.3 Å². The van der Waals surface area contributed by atoms with Crippen LogP contribution in [0.1, 0.15) is 23.7 Å². The van der Waals surface area contributed by atoms with E-state index in [9.17, 15) is 5.26 Å². The van der Waals surface area contributed by atoms with Crippen LogP contribution in [0.2, 0.25) is 0 Å². The van der Waals surface area contributed by atoms with Crippen molar-refractivity contribution < 1.29 is 4.52 Å². The van der Waals surface area contributed by atoms with Gasteiger partial charge in [-0.05, 0) is 36.9 Å². The van der Waals surface area contributed by atoms with Gasteiger partial charge in [0.15, 0.2) is 0 Å². The van der Waals surface area contributed by atoms with Gasteiger partial charge in [0.05, 0.1) is 27.4 Å². The molecule has 5 nitrogen and oxygen atoms in total. The summed E-state index contributed by atoms with van der Waals surface area (Å²) in [5.74, 6) is 0. The maximum Gasteiger partial charge on any atom is 0.139 e. The number of hydrogen-bond acceptors (Lipinski definition) is 5. The van der Waals surface area contributed by atoms with Gasteiger partial charge in [0.1, 0.15) is 12.3 Å². The molecular formula is C15H14N4OS. The molecule has 2 heterocycles. The van der Waals surface area contributed by atoms with E-state index >= 15 is 0 Å². The van der Waals surface area contributed by atoms with Gasteiger partial charge in [-0.1, -0.05) is 18.1 Å². The van der Waals surface area contributed by atoms with Crippen LogP contribution in [0.15, 0.2) is 34.0 Å². The maximum absolute atomic E-state index is 9.17. The van der Waals surface area contributed by atoms with Gasteiger partial charge in [0.25, 0.3) is 0 Å². The van der Waals surface area contributed by atoms with Crippen molar-refractivity contribution in [3.05, 3.63) is 41.4 Å². The minimum Gasteiger partial charge on any atom is -0.363 e. The zero-order valence-corrected chi connectivity index (χ0v) is 12.5. The summed E-state index contributed by atoms with van der Waals surface area (Å²) < 4.78 is 8.30. The fourth-order valence-corrected chi connectivity index (χ4v) is 3.06. The summed E-state index contributed by atoms with van der Waals surface area (Å²) in [7, 11) is 0. The molecule has 0 radical (unpaired) electrons. The predicted octanol–water partition coefficient (Wildman–Crippen LogP) is 4.02. The Morgan fingerprint density at radius 3 is 3.10 bits per heavy atom. The topological polar surface area (TPSA) is 77.6 Å². The average Bonchev–Trinajstić information content (AvgIpc) is 3.13. The summed E-state index contributed by atoms with van der Waals surface area (Å²) >= 11 is 1.46. The lowest BCUT2D eigenvalue weighted by Crippen LogP contribution is -1.91. The second kappa shape index (κ2) is 5.54. The number of nitrogens with zero attached hydrogens (tertiary/aromatic N) is 2. The monoisotopic (exact) mass is 298 g/mol. The number of H-pyrrole nitrogens is 1. The number of hydrogen-bond donors (Lipinski definition) is 2. The summed E-state index contributed by atoms with van der Waals surface area (Å²) in [6.07, 6.45) is 4.20. The van der Waals surface area contributed by atoms with Crippen molar-refractivity contribution in [2.24, 2.45) is 0 Å². The van der Waals surface area contributed by atoms with Crippen molar-refractivity contribution in [3.8, 4) is 6.07 Å². The van der Waals surface area contributed by atoms with Crippen LogP contribution in [-0.2, 0) is 6.42 Å². The first-order valence-corrected chi connectivity index (χ1v) is 7.43. The number of aryl methyl sites for hydroxylation is 2. The fourth-order valence-electron chi connectivity index (χ4n) is 2.28. The highest BCUT2D eigenvalue weighted by Crippen LogP contribution is 2.32. The van der Waals surface area contributed by atoms with Crippen molar-refractivity contribution in [3.63, 3.8) is 0 Å². The zero-order valence-electron chi connectivity index (χ0n) is 11.7. The second-order valence-corrected chi connectivity index (χ2v) is 5.53. The number of fused-ring (bicyclic) bond motifs is 1. The van der Waals surface area contributed by atoms with Gasteiger partial charge in [-0.15, -0.1) is 0 Å². The molecule has 0 aliphatic carbocycles. The Bertz CT molecular complexity index is 828. The van der Waals surface area contributed by atoms with Crippen molar-refractivity contribution in [2.45, 2.75) is 25.2 Å². The van der Waals surface area contributed by atoms with Gasteiger partial charge >= 0.3 is 0 Å². The highest BCUT2D eigenvalue weighted by atomic mass is 32.2. The standard InChI is InChI=1S/C15H14N4OS/c1-3-11-13(8-20-18-11)21-19-12-5-4-9(2)14-10(6-16)7-17-15(12)14/h4-5,7-8,17,19H,3H2,1-2H3. The molecule has 1 aromatic carbocycles. The molecule has 0 unspecified atom stereocenters. The number of aromatic amines is 1. The molecule has 2 aromatic heterocycles. The first kappa shape index (κ1) is 13.6. The SMILES string of the molecule is CCc1nocc1SNc1ccc(C)c2c(C#N)c[nH]c12. The van der Waals surface area contributed by atoms with E-state index < -0.39 is 0 Å². The van der Waals surface area contributed by atoms with E-state index in [1.54, 1.807) is 12.5 Å². The average molecular weight is 298 g/mol. The van der Waals surface area contributed by atoms with E-state index in [-0.39, 0.29) is 0 Å².